The molecule has 3 rings (SSSR count). The SMILES string of the molecule is CCOc1cc(/C=N\NC(=O)COc2ccc3cc(Br)ccc3c2)ccc1O. The predicted molar refractivity (Wildman–Crippen MR) is 112 cm³/mol. The van der Waals surface area contributed by atoms with E-state index in [0.717, 1.165) is 15.2 Å². The zero-order valence-corrected chi connectivity index (χ0v) is 16.8. The van der Waals surface area contributed by atoms with Gasteiger partial charge < -0.3 is 14.6 Å². The molecule has 0 heterocycles. The van der Waals surface area contributed by atoms with Crippen LogP contribution in [0.25, 0.3) is 10.8 Å². The van der Waals surface area contributed by atoms with Crippen LogP contribution in [-0.2, 0) is 4.79 Å². The number of carbonyl (C=O) groups is 1. The Morgan fingerprint density at radius 3 is 2.71 bits per heavy atom. The molecule has 0 atom stereocenters. The smallest absolute Gasteiger partial charge is 0.277 e. The number of nitrogens with one attached hydrogen (secondary N) is 1. The summed E-state index contributed by atoms with van der Waals surface area (Å²) in [6, 6.07) is 16.4. The Bertz CT molecular complexity index is 1020. The van der Waals surface area contributed by atoms with E-state index in [2.05, 4.69) is 26.5 Å². The van der Waals surface area contributed by atoms with E-state index >= 15 is 0 Å². The van der Waals surface area contributed by atoms with Gasteiger partial charge in [0.2, 0.25) is 0 Å². The van der Waals surface area contributed by atoms with Crippen molar-refractivity contribution in [3.63, 3.8) is 0 Å². The van der Waals surface area contributed by atoms with Crippen molar-refractivity contribution in [1.29, 1.82) is 0 Å². The maximum absolute atomic E-state index is 11.9. The van der Waals surface area contributed by atoms with Gasteiger partial charge in [0.1, 0.15) is 5.75 Å². The van der Waals surface area contributed by atoms with Crippen molar-refractivity contribution in [1.82, 2.24) is 5.43 Å². The van der Waals surface area contributed by atoms with E-state index in [1.54, 1.807) is 12.1 Å². The molecule has 0 saturated heterocycles. The number of hydrogen-bond acceptors (Lipinski definition) is 5. The zero-order chi connectivity index (χ0) is 19.9. The van der Waals surface area contributed by atoms with Crippen LogP contribution in [0.2, 0.25) is 0 Å². The highest BCUT2D eigenvalue weighted by atomic mass is 79.9. The molecule has 0 fully saturated rings. The van der Waals surface area contributed by atoms with Gasteiger partial charge in [-0.15, -0.1) is 0 Å². The average Bonchev–Trinajstić information content (AvgIpc) is 2.69. The van der Waals surface area contributed by atoms with Crippen molar-refractivity contribution >= 4 is 38.8 Å². The minimum absolute atomic E-state index is 0.0548. The first-order valence-electron chi connectivity index (χ1n) is 8.65. The lowest BCUT2D eigenvalue weighted by atomic mass is 10.1. The first kappa shape index (κ1) is 19.7. The van der Waals surface area contributed by atoms with Gasteiger partial charge in [0.15, 0.2) is 18.1 Å². The second kappa shape index (κ2) is 9.23. The topological polar surface area (TPSA) is 80.2 Å². The quantitative estimate of drug-likeness (QED) is 0.423. The third kappa shape index (κ3) is 5.23. The highest BCUT2D eigenvalue weighted by molar-refractivity contribution is 9.10. The fourth-order valence-electron chi connectivity index (χ4n) is 2.53. The van der Waals surface area contributed by atoms with Gasteiger partial charge in [0, 0.05) is 4.47 Å². The van der Waals surface area contributed by atoms with Gasteiger partial charge in [-0.25, -0.2) is 5.43 Å². The molecule has 2 N–H and O–H groups in total. The number of fused-ring (bicyclic) bond motifs is 1. The number of ether oxygens (including phenoxy) is 2. The number of rotatable bonds is 7. The number of aromatic hydroxyl groups is 1. The number of nitrogens with zero attached hydrogens (tertiary/aromatic N) is 1. The molecule has 0 bridgehead atoms. The Balaban J connectivity index is 1.54. The van der Waals surface area contributed by atoms with E-state index in [1.807, 2.05) is 43.3 Å². The Morgan fingerprint density at radius 2 is 1.89 bits per heavy atom. The van der Waals surface area contributed by atoms with Gasteiger partial charge in [-0.1, -0.05) is 28.1 Å². The van der Waals surface area contributed by atoms with Crippen LogP contribution in [0.5, 0.6) is 17.2 Å². The molecule has 0 saturated carbocycles. The van der Waals surface area contributed by atoms with Crippen LogP contribution in [0, 0.1) is 0 Å². The van der Waals surface area contributed by atoms with Crippen LogP contribution in [0.4, 0.5) is 0 Å². The summed E-state index contributed by atoms with van der Waals surface area (Å²) in [5, 5.41) is 15.7. The van der Waals surface area contributed by atoms with Gasteiger partial charge >= 0.3 is 0 Å². The summed E-state index contributed by atoms with van der Waals surface area (Å²) < 4.78 is 11.8. The molecule has 144 valence electrons. The second-order valence-corrected chi connectivity index (χ2v) is 6.81. The van der Waals surface area contributed by atoms with Crippen molar-refractivity contribution in [3.05, 3.63) is 64.6 Å². The molecule has 0 aliphatic carbocycles. The number of benzene rings is 3. The summed E-state index contributed by atoms with van der Waals surface area (Å²) >= 11 is 3.44. The van der Waals surface area contributed by atoms with Crippen molar-refractivity contribution in [2.75, 3.05) is 13.2 Å². The Hall–Kier alpha value is -3.06. The van der Waals surface area contributed by atoms with Crippen LogP contribution >= 0.6 is 15.9 Å². The molecule has 7 heteroatoms. The first-order chi connectivity index (χ1) is 13.5. The molecule has 0 aromatic heterocycles. The summed E-state index contributed by atoms with van der Waals surface area (Å²) in [5.41, 5.74) is 3.09. The summed E-state index contributed by atoms with van der Waals surface area (Å²) in [6.45, 7) is 2.11. The molecule has 0 aliphatic heterocycles. The van der Waals surface area contributed by atoms with E-state index in [0.29, 0.717) is 23.7 Å². The van der Waals surface area contributed by atoms with Crippen molar-refractivity contribution in [2.24, 2.45) is 5.10 Å². The minimum atomic E-state index is -0.379. The summed E-state index contributed by atoms with van der Waals surface area (Å²) in [4.78, 5) is 11.9. The molecule has 0 radical (unpaired) electrons. The summed E-state index contributed by atoms with van der Waals surface area (Å²) in [7, 11) is 0. The van der Waals surface area contributed by atoms with Crippen molar-refractivity contribution in [2.45, 2.75) is 6.92 Å². The van der Waals surface area contributed by atoms with Crippen LogP contribution in [0.15, 0.2) is 64.2 Å². The maximum Gasteiger partial charge on any atom is 0.277 e. The molecular weight excluding hydrogens is 424 g/mol. The molecule has 0 aliphatic rings. The lowest BCUT2D eigenvalue weighted by Crippen LogP contribution is -2.24. The molecule has 28 heavy (non-hydrogen) atoms. The number of hydrazone groups is 1. The molecule has 3 aromatic rings. The number of phenolic OH excluding ortho intramolecular Hbond substituents is 1. The summed E-state index contributed by atoms with van der Waals surface area (Å²) in [6.07, 6.45) is 1.47. The standard InChI is InChI=1S/C21H19BrN2O4/c1-2-27-20-9-14(3-8-19(20)25)12-23-24-21(26)13-28-18-7-5-15-10-17(22)6-4-16(15)11-18/h3-12,25H,2,13H2,1H3,(H,24,26)/b23-12-. The monoisotopic (exact) mass is 442 g/mol. The first-order valence-corrected chi connectivity index (χ1v) is 9.44. The Morgan fingerprint density at radius 1 is 1.11 bits per heavy atom. The number of carbonyl (C=O) groups excluding carboxylic acids is 1. The van der Waals surface area contributed by atoms with Crippen molar-refractivity contribution in [3.8, 4) is 17.2 Å². The Kier molecular flexibility index (Phi) is 6.49. The lowest BCUT2D eigenvalue weighted by Gasteiger charge is -2.07. The maximum atomic E-state index is 11.9. The van der Waals surface area contributed by atoms with Gasteiger partial charge in [-0.05, 0) is 65.7 Å². The van der Waals surface area contributed by atoms with Crippen LogP contribution in [0.1, 0.15) is 12.5 Å². The highest BCUT2D eigenvalue weighted by Crippen LogP contribution is 2.26. The predicted octanol–water partition coefficient (Wildman–Crippen LogP) is 4.24. The largest absolute Gasteiger partial charge is 0.504 e. The van der Waals surface area contributed by atoms with E-state index in [4.69, 9.17) is 9.47 Å². The van der Waals surface area contributed by atoms with Gasteiger partial charge in [0.05, 0.1) is 12.8 Å². The van der Waals surface area contributed by atoms with E-state index < -0.39 is 0 Å². The van der Waals surface area contributed by atoms with Crippen LogP contribution in [0.3, 0.4) is 0 Å². The van der Waals surface area contributed by atoms with E-state index in [9.17, 15) is 9.90 Å². The van der Waals surface area contributed by atoms with Gasteiger partial charge in [-0.2, -0.15) is 5.10 Å². The molecule has 3 aromatic carbocycles. The fraction of sp³-hybridized carbons (Fsp3) is 0.143. The lowest BCUT2D eigenvalue weighted by molar-refractivity contribution is -0.123. The third-order valence-electron chi connectivity index (χ3n) is 3.83. The fourth-order valence-corrected chi connectivity index (χ4v) is 2.91. The number of hydrogen-bond donors (Lipinski definition) is 2. The van der Waals surface area contributed by atoms with Crippen molar-refractivity contribution < 1.29 is 19.4 Å². The molecule has 0 unspecified atom stereocenters. The summed E-state index contributed by atoms with van der Waals surface area (Å²) in [5.74, 6) is 0.647. The van der Waals surface area contributed by atoms with E-state index in [-0.39, 0.29) is 18.3 Å². The van der Waals surface area contributed by atoms with Crippen LogP contribution < -0.4 is 14.9 Å². The molecule has 0 spiro atoms. The van der Waals surface area contributed by atoms with Gasteiger partial charge in [-0.3, -0.25) is 4.79 Å². The Labute approximate surface area is 170 Å². The van der Waals surface area contributed by atoms with E-state index in [1.165, 1.54) is 12.3 Å². The van der Waals surface area contributed by atoms with Crippen LogP contribution in [-0.4, -0.2) is 30.4 Å². The molecule has 6 nitrogen and oxygen atoms in total. The molecular formula is C21H19BrN2O4. The number of phenols is 1. The third-order valence-corrected chi connectivity index (χ3v) is 4.32. The average molecular weight is 443 g/mol. The second-order valence-electron chi connectivity index (χ2n) is 5.90. The minimum Gasteiger partial charge on any atom is -0.504 e. The normalized spacial score (nSPS) is 10.9. The zero-order valence-electron chi connectivity index (χ0n) is 15.2. The molecule has 1 amide bonds. The number of amides is 1. The number of halogens is 1. The van der Waals surface area contributed by atoms with Gasteiger partial charge in [0.25, 0.3) is 5.91 Å². The highest BCUT2D eigenvalue weighted by Gasteiger charge is 2.04.